The van der Waals surface area contributed by atoms with Crippen molar-refractivity contribution in [3.8, 4) is 0 Å². The molecule has 0 fully saturated rings. The van der Waals surface area contributed by atoms with Gasteiger partial charge in [0.15, 0.2) is 0 Å². The van der Waals surface area contributed by atoms with Crippen LogP contribution in [0.2, 0.25) is 0 Å². The lowest BCUT2D eigenvalue weighted by atomic mass is 9.80. The third kappa shape index (κ3) is 10.0. The minimum Gasteiger partial charge on any atom is -0.321 e. The summed E-state index contributed by atoms with van der Waals surface area (Å²) in [5.74, 6) is 0. The van der Waals surface area contributed by atoms with E-state index in [0.29, 0.717) is 0 Å². The van der Waals surface area contributed by atoms with Gasteiger partial charge < -0.3 is 11.5 Å². The quantitative estimate of drug-likeness (QED) is 0.0924. The summed E-state index contributed by atoms with van der Waals surface area (Å²) in [4.78, 5) is 10.2. The average molecular weight is 575 g/mol. The van der Waals surface area contributed by atoms with Gasteiger partial charge in [0.25, 0.3) is 0 Å². The van der Waals surface area contributed by atoms with Crippen LogP contribution < -0.4 is 11.5 Å². The molecule has 0 aliphatic heterocycles. The van der Waals surface area contributed by atoms with Crippen molar-refractivity contribution in [2.45, 2.75) is 167 Å². The Bertz CT molecular complexity index is 1070. The van der Waals surface area contributed by atoms with Gasteiger partial charge >= 0.3 is 0 Å². The average Bonchev–Trinajstić information content (AvgIpc) is 3.00. The lowest BCUT2D eigenvalue weighted by molar-refractivity contribution is 0.345. The lowest BCUT2D eigenvalue weighted by Gasteiger charge is -2.31. The second kappa shape index (κ2) is 17.9. The van der Waals surface area contributed by atoms with Gasteiger partial charge in [0, 0.05) is 11.1 Å². The SMILES string of the molecule is CCCCCCC(N)(CCCCCC)c1ccc2nc3ccc(C(N)(CCCCCC)CCCCCC)cc3nc2c1. The summed E-state index contributed by atoms with van der Waals surface area (Å²) >= 11 is 0. The molecule has 0 amide bonds. The van der Waals surface area contributed by atoms with Gasteiger partial charge in [-0.05, 0) is 61.1 Å². The van der Waals surface area contributed by atoms with Crippen LogP contribution in [0.1, 0.15) is 167 Å². The maximum Gasteiger partial charge on any atom is 0.0898 e. The van der Waals surface area contributed by atoms with E-state index in [4.69, 9.17) is 21.4 Å². The second-order valence-corrected chi connectivity index (χ2v) is 13.2. The van der Waals surface area contributed by atoms with Crippen LogP contribution in [-0.4, -0.2) is 9.97 Å². The van der Waals surface area contributed by atoms with Crippen molar-refractivity contribution in [3.63, 3.8) is 0 Å². The van der Waals surface area contributed by atoms with Crippen LogP contribution in [0.5, 0.6) is 0 Å². The van der Waals surface area contributed by atoms with E-state index >= 15 is 0 Å². The molecule has 0 radical (unpaired) electrons. The molecule has 234 valence electrons. The van der Waals surface area contributed by atoms with Gasteiger partial charge in [0.2, 0.25) is 0 Å². The third-order valence-electron chi connectivity index (χ3n) is 9.49. The van der Waals surface area contributed by atoms with E-state index in [1.807, 2.05) is 0 Å². The maximum atomic E-state index is 7.24. The summed E-state index contributed by atoms with van der Waals surface area (Å²) in [7, 11) is 0. The van der Waals surface area contributed by atoms with E-state index in [2.05, 4.69) is 64.1 Å². The zero-order valence-corrected chi connectivity index (χ0v) is 27.7. The predicted octanol–water partition coefficient (Wildman–Crippen LogP) is 11.0. The van der Waals surface area contributed by atoms with E-state index in [-0.39, 0.29) is 11.1 Å². The molecule has 0 unspecified atom stereocenters. The summed E-state index contributed by atoms with van der Waals surface area (Å²) in [6.07, 6.45) is 24.0. The molecule has 4 nitrogen and oxygen atoms in total. The Hall–Kier alpha value is -2.04. The van der Waals surface area contributed by atoms with Gasteiger partial charge in [-0.2, -0.15) is 0 Å². The molecule has 4 heteroatoms. The van der Waals surface area contributed by atoms with E-state index in [9.17, 15) is 0 Å². The first-order chi connectivity index (χ1) is 20.4. The molecule has 0 spiro atoms. The van der Waals surface area contributed by atoms with Gasteiger partial charge in [0.05, 0.1) is 22.1 Å². The number of nitrogens with two attached hydrogens (primary N) is 2. The molecule has 3 rings (SSSR count). The topological polar surface area (TPSA) is 77.8 Å². The van der Waals surface area contributed by atoms with Crippen LogP contribution >= 0.6 is 0 Å². The number of hydrogen-bond acceptors (Lipinski definition) is 4. The Morgan fingerprint density at radius 3 is 1.05 bits per heavy atom. The first-order valence-corrected chi connectivity index (χ1v) is 17.7. The van der Waals surface area contributed by atoms with Gasteiger partial charge in [-0.3, -0.25) is 0 Å². The molecule has 3 aromatic rings. The standard InChI is InChI=1S/C38H62N4/c1-5-9-13-17-25-37(39,26-18-14-10-6-2)31-21-23-33-35(29-31)42-36-30-32(22-24-34(36)41-33)38(40,27-19-15-11-7-3)28-20-16-12-8-4/h21-24,29-30H,5-20,25-28,39-40H2,1-4H3. The fourth-order valence-electron chi connectivity index (χ4n) is 6.59. The van der Waals surface area contributed by atoms with E-state index in [1.54, 1.807) is 0 Å². The molecular formula is C38H62N4. The predicted molar refractivity (Wildman–Crippen MR) is 184 cm³/mol. The first kappa shape index (κ1) is 34.5. The van der Waals surface area contributed by atoms with Crippen molar-refractivity contribution in [2.24, 2.45) is 11.5 Å². The molecule has 0 saturated carbocycles. The molecule has 42 heavy (non-hydrogen) atoms. The number of unbranched alkanes of at least 4 members (excludes halogenated alkanes) is 12. The molecule has 2 aromatic carbocycles. The highest BCUT2D eigenvalue weighted by atomic mass is 14.8. The monoisotopic (exact) mass is 574 g/mol. The highest BCUT2D eigenvalue weighted by molar-refractivity contribution is 5.87. The summed E-state index contributed by atoms with van der Waals surface area (Å²) in [5.41, 5.74) is 20.1. The number of benzene rings is 2. The summed E-state index contributed by atoms with van der Waals surface area (Å²) in [5, 5.41) is 0. The second-order valence-electron chi connectivity index (χ2n) is 13.2. The Morgan fingerprint density at radius 1 is 0.429 bits per heavy atom. The van der Waals surface area contributed by atoms with Crippen LogP contribution in [0.25, 0.3) is 22.1 Å². The third-order valence-corrected chi connectivity index (χ3v) is 9.49. The van der Waals surface area contributed by atoms with Crippen molar-refractivity contribution in [1.82, 2.24) is 9.97 Å². The largest absolute Gasteiger partial charge is 0.321 e. The normalized spacial score (nSPS) is 12.5. The molecule has 4 N–H and O–H groups in total. The zero-order valence-electron chi connectivity index (χ0n) is 27.7. The van der Waals surface area contributed by atoms with Crippen LogP contribution in [0, 0.1) is 0 Å². The Labute approximate surface area is 257 Å². The van der Waals surface area contributed by atoms with Gasteiger partial charge in [-0.15, -0.1) is 0 Å². The number of hydrogen-bond donors (Lipinski definition) is 2. The van der Waals surface area contributed by atoms with E-state index < -0.39 is 0 Å². The van der Waals surface area contributed by atoms with E-state index in [0.717, 1.165) is 47.8 Å². The molecule has 0 saturated heterocycles. The molecule has 1 heterocycles. The van der Waals surface area contributed by atoms with Crippen molar-refractivity contribution >= 4 is 22.1 Å². The lowest BCUT2D eigenvalue weighted by Crippen LogP contribution is -2.37. The summed E-state index contributed by atoms with van der Waals surface area (Å²) < 4.78 is 0. The van der Waals surface area contributed by atoms with Crippen molar-refractivity contribution in [3.05, 3.63) is 47.5 Å². The minimum atomic E-state index is -0.308. The molecule has 0 bridgehead atoms. The minimum absolute atomic E-state index is 0.308. The molecular weight excluding hydrogens is 512 g/mol. The summed E-state index contributed by atoms with van der Waals surface area (Å²) in [6, 6.07) is 13.2. The van der Waals surface area contributed by atoms with Crippen LogP contribution in [0.15, 0.2) is 36.4 Å². The van der Waals surface area contributed by atoms with Gasteiger partial charge in [-0.1, -0.05) is 143 Å². The molecule has 1 aromatic heterocycles. The number of fused-ring (bicyclic) bond motifs is 2. The van der Waals surface area contributed by atoms with Gasteiger partial charge in [0.1, 0.15) is 0 Å². The Morgan fingerprint density at radius 2 is 0.738 bits per heavy atom. The molecule has 0 atom stereocenters. The number of aromatic nitrogens is 2. The van der Waals surface area contributed by atoms with Crippen LogP contribution in [0.3, 0.4) is 0 Å². The molecule has 0 aliphatic rings. The van der Waals surface area contributed by atoms with Gasteiger partial charge in [-0.25, -0.2) is 9.97 Å². The number of nitrogens with zero attached hydrogens (tertiary/aromatic N) is 2. The van der Waals surface area contributed by atoms with Crippen molar-refractivity contribution < 1.29 is 0 Å². The zero-order chi connectivity index (χ0) is 30.3. The van der Waals surface area contributed by atoms with Crippen molar-refractivity contribution in [1.29, 1.82) is 0 Å². The van der Waals surface area contributed by atoms with E-state index in [1.165, 1.54) is 114 Å². The highest BCUT2D eigenvalue weighted by Gasteiger charge is 2.28. The first-order valence-electron chi connectivity index (χ1n) is 17.7. The molecule has 0 aliphatic carbocycles. The Balaban J connectivity index is 1.93. The maximum absolute atomic E-state index is 7.24. The van der Waals surface area contributed by atoms with Crippen LogP contribution in [-0.2, 0) is 11.1 Å². The smallest absolute Gasteiger partial charge is 0.0898 e. The van der Waals surface area contributed by atoms with Crippen molar-refractivity contribution in [2.75, 3.05) is 0 Å². The fourth-order valence-corrected chi connectivity index (χ4v) is 6.59. The number of rotatable bonds is 22. The fraction of sp³-hybridized carbons (Fsp3) is 0.684. The highest BCUT2D eigenvalue weighted by Crippen LogP contribution is 2.35. The van der Waals surface area contributed by atoms with Crippen LogP contribution in [0.4, 0.5) is 0 Å². The summed E-state index contributed by atoms with van der Waals surface area (Å²) in [6.45, 7) is 9.08. The Kier molecular flexibility index (Phi) is 14.7.